The smallest absolute Gasteiger partial charge is 0.319 e. The Bertz CT molecular complexity index is 821. The summed E-state index contributed by atoms with van der Waals surface area (Å²) < 4.78 is 0. The maximum atomic E-state index is 12.7. The highest BCUT2D eigenvalue weighted by Crippen LogP contribution is 2.13. The highest BCUT2D eigenvalue weighted by molar-refractivity contribution is 6.01. The van der Waals surface area contributed by atoms with Gasteiger partial charge in [-0.3, -0.25) is 9.59 Å². The summed E-state index contributed by atoms with van der Waals surface area (Å²) in [4.78, 5) is 36.9. The van der Waals surface area contributed by atoms with E-state index in [1.54, 1.807) is 36.4 Å². The number of hydrogen-bond donors (Lipinski definition) is 4. The molecule has 0 aliphatic carbocycles. The molecule has 1 atom stereocenters. The minimum absolute atomic E-state index is 0.131. The maximum absolute atomic E-state index is 12.7. The summed E-state index contributed by atoms with van der Waals surface area (Å²) in [5.41, 5.74) is 1.58. The van der Waals surface area contributed by atoms with E-state index >= 15 is 0 Å². The fourth-order valence-electron chi connectivity index (χ4n) is 2.59. The topological polar surface area (TPSA) is 99.3 Å². The van der Waals surface area contributed by atoms with E-state index in [9.17, 15) is 14.4 Å². The van der Waals surface area contributed by atoms with Gasteiger partial charge in [-0.05, 0) is 43.2 Å². The molecular formula is C21H26N4O3. The molecule has 4 amide bonds. The summed E-state index contributed by atoms with van der Waals surface area (Å²) in [5, 5.41) is 10.9. The molecule has 0 spiro atoms. The monoisotopic (exact) mass is 382 g/mol. The number of carbonyl (C=O) groups excluding carboxylic acids is 3. The van der Waals surface area contributed by atoms with Gasteiger partial charge in [-0.15, -0.1) is 0 Å². The van der Waals surface area contributed by atoms with Gasteiger partial charge in [-0.2, -0.15) is 0 Å². The molecule has 7 heteroatoms. The lowest BCUT2D eigenvalue weighted by atomic mass is 10.0. The van der Waals surface area contributed by atoms with Crippen molar-refractivity contribution in [1.29, 1.82) is 0 Å². The van der Waals surface area contributed by atoms with Crippen LogP contribution < -0.4 is 21.3 Å². The van der Waals surface area contributed by atoms with Crippen molar-refractivity contribution in [3.05, 3.63) is 60.2 Å². The summed E-state index contributed by atoms with van der Waals surface area (Å²) >= 11 is 0. The van der Waals surface area contributed by atoms with Gasteiger partial charge >= 0.3 is 6.03 Å². The van der Waals surface area contributed by atoms with Gasteiger partial charge < -0.3 is 21.3 Å². The first-order valence-electron chi connectivity index (χ1n) is 9.22. The Morgan fingerprint density at radius 3 is 2.21 bits per heavy atom. The molecule has 0 aliphatic heterocycles. The average Bonchev–Trinajstić information content (AvgIpc) is 2.67. The van der Waals surface area contributed by atoms with Crippen LogP contribution in [0.15, 0.2) is 54.6 Å². The van der Waals surface area contributed by atoms with Gasteiger partial charge in [0, 0.05) is 23.5 Å². The summed E-state index contributed by atoms with van der Waals surface area (Å²) in [6.07, 6.45) is 0. The van der Waals surface area contributed by atoms with Crippen molar-refractivity contribution < 1.29 is 14.4 Å². The highest BCUT2D eigenvalue weighted by atomic mass is 16.2. The largest absolute Gasteiger partial charge is 0.352 e. The first-order chi connectivity index (χ1) is 13.4. The number of urea groups is 1. The fourth-order valence-corrected chi connectivity index (χ4v) is 2.59. The van der Waals surface area contributed by atoms with Crippen molar-refractivity contribution in [2.75, 3.05) is 17.2 Å². The number of hydrogen-bond acceptors (Lipinski definition) is 3. The molecule has 7 nitrogen and oxygen atoms in total. The molecule has 0 aliphatic rings. The van der Waals surface area contributed by atoms with Crippen LogP contribution in [0.2, 0.25) is 0 Å². The second-order valence-electron chi connectivity index (χ2n) is 6.62. The molecule has 0 saturated carbocycles. The minimum atomic E-state index is -0.739. The third-order valence-corrected chi connectivity index (χ3v) is 4.00. The summed E-state index contributed by atoms with van der Waals surface area (Å²) in [5.74, 6) is -0.696. The SMILES string of the molecule is CCNC(=O)c1cccc(NC(=O)[C@@H](NC(=O)Nc2ccccc2)C(C)C)c1. The third-order valence-electron chi connectivity index (χ3n) is 4.00. The number of carbonyl (C=O) groups is 3. The van der Waals surface area contributed by atoms with E-state index in [2.05, 4.69) is 21.3 Å². The predicted molar refractivity (Wildman–Crippen MR) is 110 cm³/mol. The van der Waals surface area contributed by atoms with Gasteiger partial charge in [0.15, 0.2) is 0 Å². The second-order valence-corrected chi connectivity index (χ2v) is 6.62. The van der Waals surface area contributed by atoms with Crippen LogP contribution in [-0.4, -0.2) is 30.4 Å². The van der Waals surface area contributed by atoms with Gasteiger partial charge in [-0.1, -0.05) is 38.1 Å². The molecule has 0 fully saturated rings. The van der Waals surface area contributed by atoms with Crippen LogP contribution in [0.1, 0.15) is 31.1 Å². The zero-order valence-corrected chi connectivity index (χ0v) is 16.3. The first-order valence-corrected chi connectivity index (χ1v) is 9.22. The zero-order chi connectivity index (χ0) is 20.5. The lowest BCUT2D eigenvalue weighted by Gasteiger charge is -2.22. The van der Waals surface area contributed by atoms with Crippen molar-refractivity contribution in [1.82, 2.24) is 10.6 Å². The van der Waals surface area contributed by atoms with Crippen molar-refractivity contribution in [2.45, 2.75) is 26.8 Å². The van der Waals surface area contributed by atoms with Gasteiger partial charge in [0.1, 0.15) is 6.04 Å². The molecular weight excluding hydrogens is 356 g/mol. The fraction of sp³-hybridized carbons (Fsp3) is 0.286. The van der Waals surface area contributed by atoms with Crippen LogP contribution >= 0.6 is 0 Å². The van der Waals surface area contributed by atoms with E-state index in [4.69, 9.17) is 0 Å². The van der Waals surface area contributed by atoms with E-state index in [1.807, 2.05) is 39.0 Å². The normalized spacial score (nSPS) is 11.4. The third kappa shape index (κ3) is 6.12. The van der Waals surface area contributed by atoms with Crippen LogP contribution in [0.5, 0.6) is 0 Å². The minimum Gasteiger partial charge on any atom is -0.352 e. The van der Waals surface area contributed by atoms with E-state index in [0.717, 1.165) is 0 Å². The quantitative estimate of drug-likeness (QED) is 0.592. The van der Waals surface area contributed by atoms with Crippen LogP contribution in [0.4, 0.5) is 16.2 Å². The molecule has 2 aromatic rings. The Labute approximate surface area is 164 Å². The van der Waals surface area contributed by atoms with Gasteiger partial charge in [0.05, 0.1) is 0 Å². The van der Waals surface area contributed by atoms with Crippen LogP contribution in [0.3, 0.4) is 0 Å². The zero-order valence-electron chi connectivity index (χ0n) is 16.3. The Kier molecular flexibility index (Phi) is 7.56. The number of amides is 4. The molecule has 0 aromatic heterocycles. The number of nitrogens with one attached hydrogen (secondary N) is 4. The van der Waals surface area contributed by atoms with E-state index in [-0.39, 0.29) is 17.7 Å². The molecule has 0 bridgehead atoms. The molecule has 28 heavy (non-hydrogen) atoms. The van der Waals surface area contributed by atoms with Crippen LogP contribution in [0, 0.1) is 5.92 Å². The Morgan fingerprint density at radius 2 is 1.57 bits per heavy atom. The number of anilines is 2. The van der Waals surface area contributed by atoms with Gasteiger partial charge in [0.2, 0.25) is 5.91 Å². The highest BCUT2D eigenvalue weighted by Gasteiger charge is 2.24. The second kappa shape index (κ2) is 10.1. The summed E-state index contributed by atoms with van der Waals surface area (Å²) in [6, 6.07) is 14.5. The van der Waals surface area contributed by atoms with Gasteiger partial charge in [-0.25, -0.2) is 4.79 Å². The van der Waals surface area contributed by atoms with E-state index in [0.29, 0.717) is 23.5 Å². The Hall–Kier alpha value is -3.35. The number of para-hydroxylation sites is 1. The Morgan fingerprint density at radius 1 is 0.893 bits per heavy atom. The molecule has 4 N–H and O–H groups in total. The molecule has 0 radical (unpaired) electrons. The number of rotatable bonds is 7. The molecule has 2 rings (SSSR count). The lowest BCUT2D eigenvalue weighted by molar-refractivity contribution is -0.118. The summed E-state index contributed by atoms with van der Waals surface area (Å²) in [6.45, 7) is 6.05. The molecule has 2 aromatic carbocycles. The molecule has 148 valence electrons. The van der Waals surface area contributed by atoms with Crippen molar-refractivity contribution in [2.24, 2.45) is 5.92 Å². The molecule has 0 saturated heterocycles. The van der Waals surface area contributed by atoms with Crippen LogP contribution in [-0.2, 0) is 4.79 Å². The average molecular weight is 382 g/mol. The van der Waals surface area contributed by atoms with Gasteiger partial charge in [0.25, 0.3) is 5.91 Å². The van der Waals surface area contributed by atoms with E-state index < -0.39 is 12.1 Å². The van der Waals surface area contributed by atoms with E-state index in [1.165, 1.54) is 0 Å². The standard InChI is InChI=1S/C21H26N4O3/c1-4-22-19(26)15-9-8-12-17(13-15)23-20(27)18(14(2)3)25-21(28)24-16-10-6-5-7-11-16/h5-14,18H,4H2,1-3H3,(H,22,26)(H,23,27)(H2,24,25,28)/t18-/m0/s1. The number of benzene rings is 2. The van der Waals surface area contributed by atoms with Crippen molar-refractivity contribution >= 4 is 29.2 Å². The van der Waals surface area contributed by atoms with Crippen LogP contribution in [0.25, 0.3) is 0 Å². The predicted octanol–water partition coefficient (Wildman–Crippen LogP) is 3.22. The Balaban J connectivity index is 2.03. The first kappa shape index (κ1) is 21.0. The van der Waals surface area contributed by atoms with Crippen molar-refractivity contribution in [3.8, 4) is 0 Å². The van der Waals surface area contributed by atoms with Crippen molar-refractivity contribution in [3.63, 3.8) is 0 Å². The summed E-state index contributed by atoms with van der Waals surface area (Å²) in [7, 11) is 0. The maximum Gasteiger partial charge on any atom is 0.319 e. The molecule has 0 unspecified atom stereocenters. The molecule has 0 heterocycles. The lowest BCUT2D eigenvalue weighted by Crippen LogP contribution is -2.48.